The molecule has 0 atom stereocenters. The highest BCUT2D eigenvalue weighted by molar-refractivity contribution is 5.94. The number of amides is 1. The second-order valence-electron chi connectivity index (χ2n) is 5.40. The lowest BCUT2D eigenvalue weighted by molar-refractivity contribution is 0.0664. The molecule has 1 saturated heterocycles. The highest BCUT2D eigenvalue weighted by atomic mass is 16.2. The number of likely N-dealkylation sites (N-methyl/N-ethyl adjacent to an activating group) is 1. The van der Waals surface area contributed by atoms with Crippen molar-refractivity contribution in [3.05, 3.63) is 35.4 Å². The molecule has 1 aliphatic rings. The number of nitrogens with zero attached hydrogens (tertiary/aromatic N) is 2. The van der Waals surface area contributed by atoms with E-state index in [1.54, 1.807) is 0 Å². The Bertz CT molecular complexity index is 405. The number of benzene rings is 1. The molecule has 19 heavy (non-hydrogen) atoms. The van der Waals surface area contributed by atoms with Gasteiger partial charge in [0, 0.05) is 31.7 Å². The fourth-order valence-electron chi connectivity index (χ4n) is 2.39. The predicted molar refractivity (Wildman–Crippen MR) is 78.5 cm³/mol. The summed E-state index contributed by atoms with van der Waals surface area (Å²) in [7, 11) is 2.10. The molecule has 0 radical (unpaired) electrons. The molecular weight excluding hydrogens is 236 g/mol. The highest BCUT2D eigenvalue weighted by Gasteiger charge is 2.19. The minimum absolute atomic E-state index is 0.176. The second kappa shape index (κ2) is 6.71. The van der Waals surface area contributed by atoms with E-state index in [1.165, 1.54) is 18.4 Å². The molecule has 0 saturated carbocycles. The number of aryl methyl sites for hydroxylation is 1. The number of rotatable bonds is 4. The fraction of sp³-hybridized carbons (Fsp3) is 0.562. The first-order valence-corrected chi connectivity index (χ1v) is 7.27. The standard InChI is InChI=1S/C16H24N2O/c1-3-4-5-14-6-8-15(9-7-14)16(19)18-12-10-17(2)11-13-18/h6-9H,3-5,10-13H2,1-2H3. The summed E-state index contributed by atoms with van der Waals surface area (Å²) in [4.78, 5) is 16.6. The Hall–Kier alpha value is -1.35. The average molecular weight is 260 g/mol. The Morgan fingerprint density at radius 2 is 1.74 bits per heavy atom. The van der Waals surface area contributed by atoms with Gasteiger partial charge in [0.15, 0.2) is 0 Å². The summed E-state index contributed by atoms with van der Waals surface area (Å²) in [6, 6.07) is 8.15. The number of hydrogen-bond acceptors (Lipinski definition) is 2. The molecule has 0 spiro atoms. The minimum Gasteiger partial charge on any atom is -0.336 e. The van der Waals surface area contributed by atoms with Gasteiger partial charge in [-0.2, -0.15) is 0 Å². The molecule has 0 aliphatic carbocycles. The first kappa shape index (κ1) is 14.1. The highest BCUT2D eigenvalue weighted by Crippen LogP contribution is 2.11. The monoisotopic (exact) mass is 260 g/mol. The topological polar surface area (TPSA) is 23.6 Å². The molecule has 1 heterocycles. The van der Waals surface area contributed by atoms with Crippen molar-refractivity contribution in [1.29, 1.82) is 0 Å². The van der Waals surface area contributed by atoms with E-state index in [4.69, 9.17) is 0 Å². The molecule has 3 heteroatoms. The third-order valence-electron chi connectivity index (χ3n) is 3.81. The lowest BCUT2D eigenvalue weighted by Gasteiger charge is -2.32. The zero-order valence-electron chi connectivity index (χ0n) is 12.1. The number of carbonyl (C=O) groups excluding carboxylic acids is 1. The maximum Gasteiger partial charge on any atom is 0.253 e. The summed E-state index contributed by atoms with van der Waals surface area (Å²) in [5, 5.41) is 0. The van der Waals surface area contributed by atoms with Gasteiger partial charge in [-0.05, 0) is 37.6 Å². The molecule has 104 valence electrons. The predicted octanol–water partition coefficient (Wildman–Crippen LogP) is 2.42. The van der Waals surface area contributed by atoms with E-state index < -0.39 is 0 Å². The Balaban J connectivity index is 1.95. The Labute approximate surface area is 116 Å². The number of hydrogen-bond donors (Lipinski definition) is 0. The molecule has 3 nitrogen and oxygen atoms in total. The van der Waals surface area contributed by atoms with E-state index in [-0.39, 0.29) is 5.91 Å². The van der Waals surface area contributed by atoms with Crippen LogP contribution in [0.3, 0.4) is 0 Å². The first-order valence-electron chi connectivity index (χ1n) is 7.27. The van der Waals surface area contributed by atoms with Crippen molar-refractivity contribution in [1.82, 2.24) is 9.80 Å². The fourth-order valence-corrected chi connectivity index (χ4v) is 2.39. The number of unbranched alkanes of at least 4 members (excludes halogenated alkanes) is 1. The van der Waals surface area contributed by atoms with Crippen LogP contribution >= 0.6 is 0 Å². The summed E-state index contributed by atoms with van der Waals surface area (Å²) in [6.07, 6.45) is 3.53. The van der Waals surface area contributed by atoms with Crippen molar-refractivity contribution < 1.29 is 4.79 Å². The Kier molecular flexibility index (Phi) is 4.97. The first-order chi connectivity index (χ1) is 9.20. The van der Waals surface area contributed by atoms with Gasteiger partial charge in [-0.3, -0.25) is 4.79 Å². The molecule has 0 unspecified atom stereocenters. The van der Waals surface area contributed by atoms with E-state index in [1.807, 2.05) is 17.0 Å². The molecule has 1 aromatic carbocycles. The van der Waals surface area contributed by atoms with Gasteiger partial charge >= 0.3 is 0 Å². The van der Waals surface area contributed by atoms with E-state index >= 15 is 0 Å². The SMILES string of the molecule is CCCCc1ccc(C(=O)N2CCN(C)CC2)cc1. The van der Waals surface area contributed by atoms with Crippen molar-refractivity contribution in [2.45, 2.75) is 26.2 Å². The van der Waals surface area contributed by atoms with Crippen LogP contribution in [-0.4, -0.2) is 48.9 Å². The molecule has 0 N–H and O–H groups in total. The van der Waals surface area contributed by atoms with Crippen LogP contribution in [0, 0.1) is 0 Å². The lowest BCUT2D eigenvalue weighted by Crippen LogP contribution is -2.47. The van der Waals surface area contributed by atoms with Gasteiger partial charge in [0.25, 0.3) is 5.91 Å². The van der Waals surface area contributed by atoms with Crippen LogP contribution in [0.2, 0.25) is 0 Å². The van der Waals surface area contributed by atoms with Gasteiger partial charge in [-0.25, -0.2) is 0 Å². The van der Waals surface area contributed by atoms with Crippen LogP contribution in [0.1, 0.15) is 35.7 Å². The third kappa shape index (κ3) is 3.80. The van der Waals surface area contributed by atoms with Crippen molar-refractivity contribution in [2.24, 2.45) is 0 Å². The smallest absolute Gasteiger partial charge is 0.253 e. The summed E-state index contributed by atoms with van der Waals surface area (Å²) in [6.45, 7) is 5.83. The lowest BCUT2D eigenvalue weighted by atomic mass is 10.1. The molecule has 1 amide bonds. The molecular formula is C16H24N2O. The van der Waals surface area contributed by atoms with Crippen LogP contribution < -0.4 is 0 Å². The van der Waals surface area contributed by atoms with Gasteiger partial charge in [-0.1, -0.05) is 25.5 Å². The molecule has 1 fully saturated rings. The minimum atomic E-state index is 0.176. The largest absolute Gasteiger partial charge is 0.336 e. The van der Waals surface area contributed by atoms with Crippen molar-refractivity contribution in [3.63, 3.8) is 0 Å². The normalized spacial score (nSPS) is 16.6. The average Bonchev–Trinajstić information content (AvgIpc) is 2.46. The van der Waals surface area contributed by atoms with Crippen molar-refractivity contribution in [3.8, 4) is 0 Å². The van der Waals surface area contributed by atoms with Gasteiger partial charge in [0.1, 0.15) is 0 Å². The van der Waals surface area contributed by atoms with Crippen LogP contribution in [0.4, 0.5) is 0 Å². The van der Waals surface area contributed by atoms with E-state index in [0.29, 0.717) is 0 Å². The molecule has 1 aliphatic heterocycles. The summed E-state index contributed by atoms with van der Waals surface area (Å²) >= 11 is 0. The maximum atomic E-state index is 12.3. The van der Waals surface area contributed by atoms with Crippen molar-refractivity contribution in [2.75, 3.05) is 33.2 Å². The molecule has 0 bridgehead atoms. The molecule has 1 aromatic rings. The van der Waals surface area contributed by atoms with E-state index in [0.717, 1.165) is 38.2 Å². The molecule has 2 rings (SSSR count). The summed E-state index contributed by atoms with van der Waals surface area (Å²) in [5.74, 6) is 0.176. The van der Waals surface area contributed by atoms with Gasteiger partial charge in [0.2, 0.25) is 0 Å². The van der Waals surface area contributed by atoms with E-state index in [2.05, 4.69) is 31.0 Å². The third-order valence-corrected chi connectivity index (χ3v) is 3.81. The maximum absolute atomic E-state index is 12.3. The van der Waals surface area contributed by atoms with Crippen LogP contribution in [0.25, 0.3) is 0 Å². The van der Waals surface area contributed by atoms with Crippen LogP contribution in [0.15, 0.2) is 24.3 Å². The zero-order valence-corrected chi connectivity index (χ0v) is 12.1. The number of carbonyl (C=O) groups is 1. The summed E-state index contributed by atoms with van der Waals surface area (Å²) < 4.78 is 0. The second-order valence-corrected chi connectivity index (χ2v) is 5.40. The van der Waals surface area contributed by atoms with Gasteiger partial charge in [0.05, 0.1) is 0 Å². The van der Waals surface area contributed by atoms with Crippen LogP contribution in [-0.2, 0) is 6.42 Å². The zero-order chi connectivity index (χ0) is 13.7. The van der Waals surface area contributed by atoms with E-state index in [9.17, 15) is 4.79 Å². The van der Waals surface area contributed by atoms with Gasteiger partial charge in [-0.15, -0.1) is 0 Å². The summed E-state index contributed by atoms with van der Waals surface area (Å²) in [5.41, 5.74) is 2.15. The Morgan fingerprint density at radius 3 is 2.32 bits per heavy atom. The van der Waals surface area contributed by atoms with Crippen molar-refractivity contribution >= 4 is 5.91 Å². The molecule has 0 aromatic heterocycles. The van der Waals surface area contributed by atoms with Gasteiger partial charge < -0.3 is 9.80 Å². The quantitative estimate of drug-likeness (QED) is 0.830. The Morgan fingerprint density at radius 1 is 1.11 bits per heavy atom. The van der Waals surface area contributed by atoms with Crippen LogP contribution in [0.5, 0.6) is 0 Å². The number of piperazine rings is 1.